The maximum Gasteiger partial charge on any atom is 0.236 e. The number of carbonyl (C=O) groups excluding carboxylic acids is 2. The van der Waals surface area contributed by atoms with Crippen LogP contribution in [0.4, 0.5) is 5.69 Å². The fourth-order valence-electron chi connectivity index (χ4n) is 1.88. The van der Waals surface area contributed by atoms with Crippen LogP contribution in [0.2, 0.25) is 0 Å². The summed E-state index contributed by atoms with van der Waals surface area (Å²) in [5.74, 6) is -1.00. The Balaban J connectivity index is 2.98. The molecule has 1 rings (SSSR count). The fraction of sp³-hybridized carbons (Fsp3) is 0.385. The van der Waals surface area contributed by atoms with Gasteiger partial charge in [0.2, 0.25) is 11.8 Å². The van der Waals surface area contributed by atoms with E-state index in [-0.39, 0.29) is 13.1 Å². The first kappa shape index (κ1) is 15.0. The Morgan fingerprint density at radius 3 is 2.21 bits per heavy atom. The molecule has 0 aliphatic heterocycles. The van der Waals surface area contributed by atoms with Crippen LogP contribution in [0.25, 0.3) is 0 Å². The highest BCUT2D eigenvalue weighted by molar-refractivity contribution is 5.84. The number of hydrogen-bond donors (Lipinski definition) is 3. The van der Waals surface area contributed by atoms with Crippen molar-refractivity contribution in [3.8, 4) is 0 Å². The van der Waals surface area contributed by atoms with Gasteiger partial charge in [-0.1, -0.05) is 6.07 Å². The van der Waals surface area contributed by atoms with E-state index in [1.807, 2.05) is 32.2 Å². The monoisotopic (exact) mass is 264 g/mol. The number of nitrogens with two attached hydrogens (primary N) is 2. The first-order valence-electron chi connectivity index (χ1n) is 5.99. The maximum atomic E-state index is 11.0. The second-order valence-electron chi connectivity index (χ2n) is 4.43. The molecule has 19 heavy (non-hydrogen) atoms. The molecular weight excluding hydrogens is 244 g/mol. The molecule has 6 heteroatoms. The summed E-state index contributed by atoms with van der Waals surface area (Å²) in [5, 5.41) is 3.08. The van der Waals surface area contributed by atoms with Crippen molar-refractivity contribution < 1.29 is 9.59 Å². The lowest BCUT2D eigenvalue weighted by molar-refractivity contribution is -0.117. The van der Waals surface area contributed by atoms with Gasteiger partial charge in [-0.2, -0.15) is 0 Å². The topological polar surface area (TPSA) is 101 Å². The number of amides is 2. The normalized spacial score (nSPS) is 10.2. The lowest BCUT2D eigenvalue weighted by atomic mass is 10.1. The van der Waals surface area contributed by atoms with Gasteiger partial charge in [0, 0.05) is 12.2 Å². The molecule has 0 saturated carbocycles. The highest BCUT2D eigenvalue weighted by Gasteiger charge is 2.13. The van der Waals surface area contributed by atoms with Crippen molar-refractivity contribution in [1.82, 2.24) is 5.32 Å². The van der Waals surface area contributed by atoms with E-state index in [0.717, 1.165) is 23.4 Å². The maximum absolute atomic E-state index is 11.0. The van der Waals surface area contributed by atoms with Crippen LogP contribution < -0.4 is 21.7 Å². The third kappa shape index (κ3) is 4.59. The number of anilines is 1. The number of rotatable bonds is 7. The average molecular weight is 264 g/mol. The number of benzene rings is 1. The van der Waals surface area contributed by atoms with Gasteiger partial charge in [0.15, 0.2) is 0 Å². The zero-order valence-corrected chi connectivity index (χ0v) is 11.3. The molecule has 1 aromatic carbocycles. The van der Waals surface area contributed by atoms with Gasteiger partial charge < -0.3 is 21.7 Å². The van der Waals surface area contributed by atoms with E-state index in [1.165, 1.54) is 0 Å². The summed E-state index contributed by atoms with van der Waals surface area (Å²) < 4.78 is 0. The van der Waals surface area contributed by atoms with Crippen LogP contribution in [0.3, 0.4) is 0 Å². The first-order chi connectivity index (χ1) is 8.93. The van der Waals surface area contributed by atoms with Crippen molar-refractivity contribution >= 4 is 17.5 Å². The Morgan fingerprint density at radius 2 is 1.79 bits per heavy atom. The van der Waals surface area contributed by atoms with Gasteiger partial charge in [0.25, 0.3) is 0 Å². The van der Waals surface area contributed by atoms with E-state index < -0.39 is 11.8 Å². The largest absolute Gasteiger partial charge is 0.368 e. The van der Waals surface area contributed by atoms with Gasteiger partial charge in [-0.3, -0.25) is 9.59 Å². The highest BCUT2D eigenvalue weighted by atomic mass is 16.2. The summed E-state index contributed by atoms with van der Waals surface area (Å²) in [6.45, 7) is 2.67. The van der Waals surface area contributed by atoms with E-state index in [2.05, 4.69) is 5.32 Å². The van der Waals surface area contributed by atoms with Crippen molar-refractivity contribution in [2.24, 2.45) is 11.5 Å². The molecule has 0 spiro atoms. The third-order valence-corrected chi connectivity index (χ3v) is 2.75. The predicted octanol–water partition coefficient (Wildman–Crippen LogP) is -0.509. The van der Waals surface area contributed by atoms with Crippen LogP contribution in [0, 0.1) is 6.92 Å². The molecule has 0 saturated heterocycles. The molecule has 0 fully saturated rings. The second kappa shape index (κ2) is 6.75. The Kier molecular flexibility index (Phi) is 5.32. The van der Waals surface area contributed by atoms with Crippen LogP contribution in [-0.2, 0) is 16.1 Å². The Hall–Kier alpha value is -2.08. The van der Waals surface area contributed by atoms with E-state index in [9.17, 15) is 9.59 Å². The lowest BCUT2D eigenvalue weighted by Gasteiger charge is -2.22. The van der Waals surface area contributed by atoms with E-state index in [0.29, 0.717) is 0 Å². The zero-order chi connectivity index (χ0) is 14.4. The van der Waals surface area contributed by atoms with Gasteiger partial charge in [0.1, 0.15) is 0 Å². The van der Waals surface area contributed by atoms with Gasteiger partial charge in [-0.25, -0.2) is 0 Å². The molecule has 0 atom stereocenters. The molecule has 1 aromatic rings. The highest BCUT2D eigenvalue weighted by Crippen LogP contribution is 2.19. The molecule has 104 valence electrons. The van der Waals surface area contributed by atoms with Gasteiger partial charge in [-0.15, -0.1) is 0 Å². The van der Waals surface area contributed by atoms with E-state index in [4.69, 9.17) is 11.5 Å². The molecule has 0 aromatic heterocycles. The van der Waals surface area contributed by atoms with E-state index in [1.54, 1.807) is 4.90 Å². The standard InChI is InChI=1S/C13H20N4O2/c1-9-5-11(4-3-10(9)6-16-2)17(7-12(14)18)8-13(15)19/h3-5,16H,6-8H2,1-2H3,(H2,14,18)(H2,15,19). The first-order valence-corrected chi connectivity index (χ1v) is 5.99. The molecule has 6 nitrogen and oxygen atoms in total. The molecule has 0 radical (unpaired) electrons. The van der Waals surface area contributed by atoms with Crippen LogP contribution in [0.15, 0.2) is 18.2 Å². The van der Waals surface area contributed by atoms with Crippen molar-refractivity contribution in [3.63, 3.8) is 0 Å². The minimum absolute atomic E-state index is 0.0340. The van der Waals surface area contributed by atoms with E-state index >= 15 is 0 Å². The molecule has 0 unspecified atom stereocenters. The third-order valence-electron chi connectivity index (χ3n) is 2.75. The van der Waals surface area contributed by atoms with Crippen LogP contribution in [-0.4, -0.2) is 32.0 Å². The Bertz CT molecular complexity index is 458. The summed E-state index contributed by atoms with van der Waals surface area (Å²) in [4.78, 5) is 23.6. The molecule has 0 bridgehead atoms. The molecule has 5 N–H and O–H groups in total. The number of hydrogen-bond acceptors (Lipinski definition) is 4. The Labute approximate surface area is 112 Å². The summed E-state index contributed by atoms with van der Waals surface area (Å²) in [6, 6.07) is 5.72. The van der Waals surface area contributed by atoms with Gasteiger partial charge in [-0.05, 0) is 37.2 Å². The van der Waals surface area contributed by atoms with Crippen molar-refractivity contribution in [3.05, 3.63) is 29.3 Å². The number of aryl methyl sites for hydroxylation is 1. The SMILES string of the molecule is CNCc1ccc(N(CC(N)=O)CC(N)=O)cc1C. The fourth-order valence-corrected chi connectivity index (χ4v) is 1.88. The molecule has 2 amide bonds. The van der Waals surface area contributed by atoms with Crippen molar-refractivity contribution in [2.75, 3.05) is 25.0 Å². The number of primary amides is 2. The average Bonchev–Trinajstić information content (AvgIpc) is 2.30. The minimum atomic E-state index is -0.502. The van der Waals surface area contributed by atoms with Gasteiger partial charge >= 0.3 is 0 Å². The smallest absolute Gasteiger partial charge is 0.236 e. The van der Waals surface area contributed by atoms with Gasteiger partial charge in [0.05, 0.1) is 13.1 Å². The van der Waals surface area contributed by atoms with Crippen molar-refractivity contribution in [2.45, 2.75) is 13.5 Å². The summed E-state index contributed by atoms with van der Waals surface area (Å²) >= 11 is 0. The molecule has 0 heterocycles. The van der Waals surface area contributed by atoms with Crippen LogP contribution in [0.5, 0.6) is 0 Å². The second-order valence-corrected chi connectivity index (χ2v) is 4.43. The number of nitrogens with one attached hydrogen (secondary N) is 1. The van der Waals surface area contributed by atoms with Crippen LogP contribution >= 0.6 is 0 Å². The zero-order valence-electron chi connectivity index (χ0n) is 11.3. The van der Waals surface area contributed by atoms with Crippen LogP contribution in [0.1, 0.15) is 11.1 Å². The molecule has 0 aliphatic rings. The number of nitrogens with zero attached hydrogens (tertiary/aromatic N) is 1. The quantitative estimate of drug-likeness (QED) is 0.617. The lowest BCUT2D eigenvalue weighted by Crippen LogP contribution is -2.39. The number of carbonyl (C=O) groups is 2. The molecule has 0 aliphatic carbocycles. The molecular formula is C13H20N4O2. The summed E-state index contributed by atoms with van der Waals surface area (Å²) in [7, 11) is 1.87. The Morgan fingerprint density at radius 1 is 1.21 bits per heavy atom. The summed E-state index contributed by atoms with van der Waals surface area (Å²) in [6.07, 6.45) is 0. The minimum Gasteiger partial charge on any atom is -0.368 e. The van der Waals surface area contributed by atoms with Crippen molar-refractivity contribution in [1.29, 1.82) is 0 Å². The predicted molar refractivity (Wildman–Crippen MR) is 74.5 cm³/mol. The summed E-state index contributed by atoms with van der Waals surface area (Å²) in [5.41, 5.74) is 13.3.